The van der Waals surface area contributed by atoms with Gasteiger partial charge in [-0.25, -0.2) is 4.39 Å². The molecule has 0 spiro atoms. The fourth-order valence-corrected chi connectivity index (χ4v) is 1.23. The Labute approximate surface area is 94.5 Å². The van der Waals surface area contributed by atoms with Gasteiger partial charge in [0.2, 0.25) is 0 Å². The minimum Gasteiger partial charge on any atom is -0.497 e. The van der Waals surface area contributed by atoms with Gasteiger partial charge in [0.1, 0.15) is 11.6 Å². The zero-order valence-corrected chi connectivity index (χ0v) is 9.26. The molecule has 1 atom stereocenters. The summed E-state index contributed by atoms with van der Waals surface area (Å²) in [6.07, 6.45) is 0.337. The number of aliphatic hydroxyl groups is 1. The van der Waals surface area contributed by atoms with Crippen LogP contribution in [-0.2, 0) is 0 Å². The smallest absolute Gasteiger partial charge is 0.128 e. The maximum Gasteiger partial charge on any atom is 0.128 e. The molecule has 0 unspecified atom stereocenters. The maximum absolute atomic E-state index is 13.3. The number of halogens is 2. The van der Waals surface area contributed by atoms with Crippen LogP contribution in [0.2, 0.25) is 0 Å². The molecule has 15 heavy (non-hydrogen) atoms. The highest BCUT2D eigenvalue weighted by Crippen LogP contribution is 2.22. The van der Waals surface area contributed by atoms with Gasteiger partial charge in [-0.15, -0.1) is 12.4 Å². The van der Waals surface area contributed by atoms with Gasteiger partial charge in [-0.2, -0.15) is 0 Å². The number of aliphatic hydroxyl groups excluding tert-OH is 1. The van der Waals surface area contributed by atoms with Crippen molar-refractivity contribution in [1.82, 2.24) is 0 Å². The molecule has 0 amide bonds. The summed E-state index contributed by atoms with van der Waals surface area (Å²) in [7, 11) is 1.51. The van der Waals surface area contributed by atoms with Crippen LogP contribution >= 0.6 is 12.4 Å². The fraction of sp³-hybridized carbons (Fsp3) is 0.400. The Morgan fingerprint density at radius 3 is 2.73 bits per heavy atom. The molecule has 5 heteroatoms. The van der Waals surface area contributed by atoms with Gasteiger partial charge in [-0.3, -0.25) is 0 Å². The van der Waals surface area contributed by atoms with Crippen LogP contribution in [0.4, 0.5) is 4.39 Å². The predicted molar refractivity (Wildman–Crippen MR) is 58.8 cm³/mol. The summed E-state index contributed by atoms with van der Waals surface area (Å²) in [5.74, 6) is 0.196. The highest BCUT2D eigenvalue weighted by Gasteiger charge is 2.11. The first kappa shape index (κ1) is 14.2. The van der Waals surface area contributed by atoms with E-state index in [1.807, 2.05) is 0 Å². The third-order valence-corrected chi connectivity index (χ3v) is 2.04. The van der Waals surface area contributed by atoms with Crippen LogP contribution in [0.25, 0.3) is 0 Å². The molecule has 1 rings (SSSR count). The molecule has 3 N–H and O–H groups in total. The minimum atomic E-state index is -0.491. The topological polar surface area (TPSA) is 55.5 Å². The van der Waals surface area contributed by atoms with E-state index >= 15 is 0 Å². The number of hydrogen-bond donors (Lipinski definition) is 2. The number of ether oxygens (including phenoxy) is 1. The van der Waals surface area contributed by atoms with E-state index in [4.69, 9.17) is 15.6 Å². The van der Waals surface area contributed by atoms with Gasteiger partial charge in [0, 0.05) is 18.2 Å². The Bertz CT molecular complexity index is 309. The summed E-state index contributed by atoms with van der Waals surface area (Å²) in [6, 6.07) is 3.90. The standard InChI is InChI=1S/C10H14FNO2.ClH/c1-14-7-2-3-9(11)8(6-7)10(12)4-5-13;/h2-3,6,10,13H,4-5,12H2,1H3;1H/t10-;/m0./s1. The lowest BCUT2D eigenvalue weighted by Crippen LogP contribution is -2.13. The van der Waals surface area contributed by atoms with Crippen molar-refractivity contribution in [3.63, 3.8) is 0 Å². The molecule has 0 bridgehead atoms. The monoisotopic (exact) mass is 235 g/mol. The lowest BCUT2D eigenvalue weighted by atomic mass is 10.0. The van der Waals surface area contributed by atoms with Crippen LogP contribution < -0.4 is 10.5 Å². The summed E-state index contributed by atoms with van der Waals surface area (Å²) in [5, 5.41) is 8.68. The molecule has 3 nitrogen and oxygen atoms in total. The van der Waals surface area contributed by atoms with Crippen molar-refractivity contribution in [2.75, 3.05) is 13.7 Å². The normalized spacial score (nSPS) is 11.7. The Morgan fingerprint density at radius 1 is 1.53 bits per heavy atom. The zero-order chi connectivity index (χ0) is 10.6. The van der Waals surface area contributed by atoms with Crippen LogP contribution in [0.5, 0.6) is 5.75 Å². The van der Waals surface area contributed by atoms with Crippen LogP contribution in [-0.4, -0.2) is 18.8 Å². The second-order valence-electron chi connectivity index (χ2n) is 3.01. The van der Waals surface area contributed by atoms with Gasteiger partial charge < -0.3 is 15.6 Å². The van der Waals surface area contributed by atoms with Crippen LogP contribution in [0, 0.1) is 5.82 Å². The Balaban J connectivity index is 0.00000196. The van der Waals surface area contributed by atoms with E-state index in [1.165, 1.54) is 19.2 Å². The maximum atomic E-state index is 13.3. The Hall–Kier alpha value is -0.840. The van der Waals surface area contributed by atoms with Gasteiger partial charge in [0.05, 0.1) is 7.11 Å². The largest absolute Gasteiger partial charge is 0.497 e. The molecule has 1 aromatic rings. The second kappa shape index (κ2) is 6.61. The number of nitrogens with two attached hydrogens (primary N) is 1. The van der Waals surface area contributed by atoms with E-state index in [9.17, 15) is 4.39 Å². The molecular weight excluding hydrogens is 221 g/mol. The average molecular weight is 236 g/mol. The Kier molecular flexibility index (Phi) is 6.24. The third kappa shape index (κ3) is 3.66. The lowest BCUT2D eigenvalue weighted by molar-refractivity contribution is 0.275. The second-order valence-corrected chi connectivity index (χ2v) is 3.01. The predicted octanol–water partition coefficient (Wildman–Crippen LogP) is 1.64. The lowest BCUT2D eigenvalue weighted by Gasteiger charge is -2.12. The van der Waals surface area contributed by atoms with Crippen molar-refractivity contribution in [2.45, 2.75) is 12.5 Å². The number of hydrogen-bond acceptors (Lipinski definition) is 3. The number of benzene rings is 1. The molecule has 0 saturated heterocycles. The summed E-state index contributed by atoms with van der Waals surface area (Å²) in [4.78, 5) is 0. The molecular formula is C10H15ClFNO2. The van der Waals surface area contributed by atoms with Crippen LogP contribution in [0.3, 0.4) is 0 Å². The van der Waals surface area contributed by atoms with Gasteiger partial charge in [0.15, 0.2) is 0 Å². The quantitative estimate of drug-likeness (QED) is 0.834. The van der Waals surface area contributed by atoms with Crippen molar-refractivity contribution < 1.29 is 14.2 Å². The highest BCUT2D eigenvalue weighted by atomic mass is 35.5. The third-order valence-electron chi connectivity index (χ3n) is 2.04. The number of methoxy groups -OCH3 is 1. The molecule has 0 fully saturated rings. The molecule has 86 valence electrons. The average Bonchev–Trinajstić information content (AvgIpc) is 2.19. The van der Waals surface area contributed by atoms with Crippen molar-refractivity contribution in [3.8, 4) is 5.75 Å². The zero-order valence-electron chi connectivity index (χ0n) is 8.44. The fourth-order valence-electron chi connectivity index (χ4n) is 1.23. The molecule has 0 aromatic heterocycles. The van der Waals surface area contributed by atoms with Crippen molar-refractivity contribution in [2.24, 2.45) is 5.73 Å². The van der Waals surface area contributed by atoms with Crippen molar-refractivity contribution in [3.05, 3.63) is 29.6 Å². The highest BCUT2D eigenvalue weighted by molar-refractivity contribution is 5.85. The van der Waals surface area contributed by atoms with Gasteiger partial charge in [-0.05, 0) is 24.6 Å². The molecule has 0 saturated carbocycles. The molecule has 0 aliphatic heterocycles. The van der Waals surface area contributed by atoms with E-state index in [-0.39, 0.29) is 24.8 Å². The van der Waals surface area contributed by atoms with E-state index in [0.29, 0.717) is 17.7 Å². The first-order valence-electron chi connectivity index (χ1n) is 4.39. The summed E-state index contributed by atoms with van der Waals surface area (Å²) < 4.78 is 18.2. The first-order valence-corrected chi connectivity index (χ1v) is 4.39. The van der Waals surface area contributed by atoms with Crippen molar-refractivity contribution >= 4 is 12.4 Å². The Morgan fingerprint density at radius 2 is 2.20 bits per heavy atom. The molecule has 0 aliphatic rings. The molecule has 0 radical (unpaired) electrons. The van der Waals surface area contributed by atoms with E-state index in [1.54, 1.807) is 6.07 Å². The minimum absolute atomic E-state index is 0. The molecule has 1 aromatic carbocycles. The first-order chi connectivity index (χ1) is 6.69. The van der Waals surface area contributed by atoms with Gasteiger partial charge >= 0.3 is 0 Å². The van der Waals surface area contributed by atoms with E-state index in [0.717, 1.165) is 0 Å². The van der Waals surface area contributed by atoms with Crippen LogP contribution in [0.15, 0.2) is 18.2 Å². The summed E-state index contributed by atoms with van der Waals surface area (Å²) in [5.41, 5.74) is 6.05. The molecule has 0 heterocycles. The van der Waals surface area contributed by atoms with Crippen LogP contribution in [0.1, 0.15) is 18.0 Å². The molecule has 0 aliphatic carbocycles. The van der Waals surface area contributed by atoms with E-state index in [2.05, 4.69) is 0 Å². The SMILES string of the molecule is COc1ccc(F)c([C@@H](N)CCO)c1.Cl. The van der Waals surface area contributed by atoms with Crippen molar-refractivity contribution in [1.29, 1.82) is 0 Å². The number of rotatable bonds is 4. The summed E-state index contributed by atoms with van der Waals surface area (Å²) in [6.45, 7) is -0.0577. The van der Waals surface area contributed by atoms with Gasteiger partial charge in [-0.1, -0.05) is 0 Å². The summed E-state index contributed by atoms with van der Waals surface area (Å²) >= 11 is 0. The van der Waals surface area contributed by atoms with Gasteiger partial charge in [0.25, 0.3) is 0 Å². The van der Waals surface area contributed by atoms with E-state index < -0.39 is 6.04 Å².